The summed E-state index contributed by atoms with van der Waals surface area (Å²) >= 11 is 1.37. The second-order valence-electron chi connectivity index (χ2n) is 6.71. The van der Waals surface area contributed by atoms with E-state index in [0.717, 1.165) is 22.7 Å². The molecule has 0 spiro atoms. The number of thioether (sulfide) groups is 1. The largest absolute Gasteiger partial charge is 0.467 e. The first-order valence-corrected chi connectivity index (χ1v) is 10.5. The Hall–Kier alpha value is -3.39. The highest BCUT2D eigenvalue weighted by Gasteiger charge is 2.18. The number of carbonyl (C=O) groups is 1. The van der Waals surface area contributed by atoms with Crippen LogP contribution in [-0.4, -0.2) is 36.3 Å². The molecule has 0 radical (unpaired) electrons. The van der Waals surface area contributed by atoms with Crippen LogP contribution >= 0.6 is 11.8 Å². The van der Waals surface area contributed by atoms with Crippen LogP contribution in [0.3, 0.4) is 0 Å². The SMILES string of the molecule is Cn1c(SCC(=O)N(Cc2ccccc2)Cc2ccco2)nnc1-c1cccnc1. The number of aromatic nitrogens is 4. The molecule has 152 valence electrons. The molecule has 0 bridgehead atoms. The molecule has 0 N–H and O–H groups in total. The van der Waals surface area contributed by atoms with E-state index in [1.54, 1.807) is 23.6 Å². The monoisotopic (exact) mass is 419 g/mol. The van der Waals surface area contributed by atoms with Gasteiger partial charge in [0.25, 0.3) is 0 Å². The smallest absolute Gasteiger partial charge is 0.233 e. The van der Waals surface area contributed by atoms with Crippen molar-refractivity contribution >= 4 is 17.7 Å². The lowest BCUT2D eigenvalue weighted by molar-refractivity contribution is -0.129. The van der Waals surface area contributed by atoms with Gasteiger partial charge < -0.3 is 13.9 Å². The van der Waals surface area contributed by atoms with E-state index in [9.17, 15) is 4.79 Å². The molecule has 0 unspecified atom stereocenters. The number of hydrogen-bond donors (Lipinski definition) is 0. The molecule has 4 aromatic rings. The predicted octanol–water partition coefficient (Wildman–Crippen LogP) is 3.79. The Morgan fingerprint density at radius 1 is 1.07 bits per heavy atom. The number of benzene rings is 1. The highest BCUT2D eigenvalue weighted by Crippen LogP contribution is 2.23. The summed E-state index contributed by atoms with van der Waals surface area (Å²) in [6.45, 7) is 0.932. The lowest BCUT2D eigenvalue weighted by atomic mass is 10.2. The molecule has 0 saturated heterocycles. The molecule has 3 aromatic heterocycles. The molecule has 0 aliphatic rings. The van der Waals surface area contributed by atoms with Crippen molar-refractivity contribution in [1.29, 1.82) is 0 Å². The molecule has 4 rings (SSSR count). The first-order chi connectivity index (χ1) is 14.7. The van der Waals surface area contributed by atoms with Crippen LogP contribution in [0.15, 0.2) is 82.8 Å². The summed E-state index contributed by atoms with van der Waals surface area (Å²) in [5.41, 5.74) is 1.95. The zero-order valence-corrected chi connectivity index (χ0v) is 17.3. The third kappa shape index (κ3) is 4.77. The topological polar surface area (TPSA) is 77.0 Å². The Bertz CT molecular complexity index is 1080. The quantitative estimate of drug-likeness (QED) is 0.405. The van der Waals surface area contributed by atoms with E-state index >= 15 is 0 Å². The third-order valence-corrected chi connectivity index (χ3v) is 5.58. The highest BCUT2D eigenvalue weighted by atomic mass is 32.2. The molecular weight excluding hydrogens is 398 g/mol. The van der Waals surface area contributed by atoms with Crippen LogP contribution in [0.25, 0.3) is 11.4 Å². The average Bonchev–Trinajstić information content (AvgIpc) is 3.42. The van der Waals surface area contributed by atoms with Crippen molar-refractivity contribution in [1.82, 2.24) is 24.6 Å². The average molecular weight is 420 g/mol. The van der Waals surface area contributed by atoms with E-state index in [-0.39, 0.29) is 11.7 Å². The second kappa shape index (κ2) is 9.41. The standard InChI is InChI=1S/C22H21N5O2S/c1-26-21(18-9-5-11-23-13-18)24-25-22(26)30-16-20(28)27(15-19-10-6-12-29-19)14-17-7-3-2-4-8-17/h2-13H,14-16H2,1H3. The fourth-order valence-electron chi connectivity index (χ4n) is 3.03. The Balaban J connectivity index is 1.45. The van der Waals surface area contributed by atoms with Crippen molar-refractivity contribution in [2.45, 2.75) is 18.2 Å². The number of amides is 1. The number of carbonyl (C=O) groups excluding carboxylic acids is 1. The van der Waals surface area contributed by atoms with Crippen molar-refractivity contribution < 1.29 is 9.21 Å². The summed E-state index contributed by atoms with van der Waals surface area (Å²) in [5, 5.41) is 9.17. The molecule has 30 heavy (non-hydrogen) atoms. The first-order valence-electron chi connectivity index (χ1n) is 9.47. The van der Waals surface area contributed by atoms with Gasteiger partial charge in [-0.25, -0.2) is 0 Å². The van der Waals surface area contributed by atoms with Crippen LogP contribution in [0.4, 0.5) is 0 Å². The molecule has 0 saturated carbocycles. The first kappa shape index (κ1) is 19.9. The minimum Gasteiger partial charge on any atom is -0.467 e. The van der Waals surface area contributed by atoms with Crippen LogP contribution in [0, 0.1) is 0 Å². The molecule has 7 nitrogen and oxygen atoms in total. The molecule has 3 heterocycles. The van der Waals surface area contributed by atoms with Crippen molar-refractivity contribution in [3.63, 3.8) is 0 Å². The second-order valence-corrected chi connectivity index (χ2v) is 7.65. The Labute approximate surface area is 178 Å². The van der Waals surface area contributed by atoms with Gasteiger partial charge in [0.15, 0.2) is 11.0 Å². The molecule has 0 fully saturated rings. The zero-order chi connectivity index (χ0) is 20.8. The van der Waals surface area contributed by atoms with Gasteiger partial charge in [-0.05, 0) is 29.8 Å². The summed E-state index contributed by atoms with van der Waals surface area (Å²) in [4.78, 5) is 18.9. The van der Waals surface area contributed by atoms with Gasteiger partial charge in [-0.15, -0.1) is 10.2 Å². The maximum Gasteiger partial charge on any atom is 0.233 e. The predicted molar refractivity (Wildman–Crippen MR) is 114 cm³/mol. The molecule has 1 amide bonds. The minimum atomic E-state index is 0.00572. The molecule has 1 aromatic carbocycles. The number of hydrogen-bond acceptors (Lipinski definition) is 6. The fourth-order valence-corrected chi connectivity index (χ4v) is 3.85. The van der Waals surface area contributed by atoms with Crippen molar-refractivity contribution in [3.8, 4) is 11.4 Å². The van der Waals surface area contributed by atoms with Gasteiger partial charge in [0, 0.05) is 31.5 Å². The Morgan fingerprint density at radius 3 is 2.67 bits per heavy atom. The van der Waals surface area contributed by atoms with E-state index < -0.39 is 0 Å². The Morgan fingerprint density at radius 2 is 1.93 bits per heavy atom. The Kier molecular flexibility index (Phi) is 6.24. The van der Waals surface area contributed by atoms with Gasteiger partial charge in [0.2, 0.25) is 5.91 Å². The van der Waals surface area contributed by atoms with Gasteiger partial charge in [-0.3, -0.25) is 9.78 Å². The van der Waals surface area contributed by atoms with Gasteiger partial charge in [-0.2, -0.15) is 0 Å². The maximum absolute atomic E-state index is 13.0. The maximum atomic E-state index is 13.0. The normalized spacial score (nSPS) is 10.8. The van der Waals surface area contributed by atoms with Gasteiger partial charge in [0.05, 0.1) is 18.6 Å². The summed E-state index contributed by atoms with van der Waals surface area (Å²) in [6.07, 6.45) is 5.08. The molecule has 0 aliphatic carbocycles. The van der Waals surface area contributed by atoms with Crippen LogP contribution in [0.5, 0.6) is 0 Å². The summed E-state index contributed by atoms with van der Waals surface area (Å²) in [6, 6.07) is 17.4. The minimum absolute atomic E-state index is 0.00572. The number of pyridine rings is 1. The number of furan rings is 1. The van der Waals surface area contributed by atoms with Crippen LogP contribution in [0.2, 0.25) is 0 Å². The van der Waals surface area contributed by atoms with Crippen LogP contribution in [0.1, 0.15) is 11.3 Å². The van der Waals surface area contributed by atoms with E-state index in [2.05, 4.69) is 15.2 Å². The summed E-state index contributed by atoms with van der Waals surface area (Å²) in [5.74, 6) is 1.73. The number of rotatable bonds is 8. The van der Waals surface area contributed by atoms with Gasteiger partial charge >= 0.3 is 0 Å². The third-order valence-electron chi connectivity index (χ3n) is 4.58. The van der Waals surface area contributed by atoms with E-state index in [1.165, 1.54) is 11.8 Å². The highest BCUT2D eigenvalue weighted by molar-refractivity contribution is 7.99. The van der Waals surface area contributed by atoms with E-state index in [1.807, 2.05) is 66.2 Å². The number of nitrogens with zero attached hydrogens (tertiary/aromatic N) is 5. The van der Waals surface area contributed by atoms with Crippen LogP contribution < -0.4 is 0 Å². The van der Waals surface area contributed by atoms with Crippen molar-refractivity contribution in [2.75, 3.05) is 5.75 Å². The fraction of sp³-hybridized carbons (Fsp3) is 0.182. The zero-order valence-electron chi connectivity index (χ0n) is 16.5. The van der Waals surface area contributed by atoms with Crippen molar-refractivity contribution in [3.05, 3.63) is 84.6 Å². The van der Waals surface area contributed by atoms with E-state index in [0.29, 0.717) is 18.2 Å². The molecular formula is C22H21N5O2S. The van der Waals surface area contributed by atoms with Crippen LogP contribution in [-0.2, 0) is 24.9 Å². The molecule has 0 aliphatic heterocycles. The summed E-state index contributed by atoms with van der Waals surface area (Å²) in [7, 11) is 1.89. The lowest BCUT2D eigenvalue weighted by Crippen LogP contribution is -2.31. The van der Waals surface area contributed by atoms with E-state index in [4.69, 9.17) is 4.42 Å². The van der Waals surface area contributed by atoms with Crippen molar-refractivity contribution in [2.24, 2.45) is 7.05 Å². The molecule has 8 heteroatoms. The van der Waals surface area contributed by atoms with Gasteiger partial charge in [0.1, 0.15) is 5.76 Å². The summed E-state index contributed by atoms with van der Waals surface area (Å²) < 4.78 is 7.33. The molecule has 0 atom stereocenters. The lowest BCUT2D eigenvalue weighted by Gasteiger charge is -2.21. The van der Waals surface area contributed by atoms with Gasteiger partial charge in [-0.1, -0.05) is 42.1 Å².